The Morgan fingerprint density at radius 1 is 0.343 bits per heavy atom. The van der Waals surface area contributed by atoms with Crippen molar-refractivity contribution in [2.45, 2.75) is 196 Å². The molecular weight excluding hydrogens is 422 g/mol. The van der Waals surface area contributed by atoms with E-state index in [-0.39, 0.29) is 0 Å². The quantitative estimate of drug-likeness (QED) is 0.112. The lowest BCUT2D eigenvalue weighted by Crippen LogP contribution is -2.16. The van der Waals surface area contributed by atoms with Crippen LogP contribution in [0.2, 0.25) is 0 Å². The van der Waals surface area contributed by atoms with E-state index in [1.54, 1.807) is 0 Å². The van der Waals surface area contributed by atoms with Gasteiger partial charge in [0, 0.05) is 0 Å². The van der Waals surface area contributed by atoms with Gasteiger partial charge in [-0.15, -0.1) is 0 Å². The summed E-state index contributed by atoms with van der Waals surface area (Å²) in [6.07, 6.45) is 34.4. The molecule has 0 radical (unpaired) electrons. The van der Waals surface area contributed by atoms with Crippen LogP contribution in [0.5, 0.6) is 0 Å². The molecule has 0 aromatic carbocycles. The van der Waals surface area contributed by atoms with E-state index in [1.807, 2.05) is 0 Å². The Bertz CT molecular complexity index is 303. The average Bonchev–Trinajstić information content (AvgIpc) is 2.83. The largest absolute Gasteiger partial charge is 0.317 e. The first-order chi connectivity index (χ1) is 17.0. The first-order valence-electron chi connectivity index (χ1n) is 16.7. The Morgan fingerprint density at radius 3 is 0.886 bits per heavy atom. The zero-order valence-electron chi connectivity index (χ0n) is 26.0. The van der Waals surface area contributed by atoms with Gasteiger partial charge in [-0.3, -0.25) is 0 Å². The topological polar surface area (TPSA) is 12.0 Å². The Morgan fingerprint density at radius 2 is 0.600 bits per heavy atom. The van der Waals surface area contributed by atoms with Gasteiger partial charge in [-0.05, 0) is 37.8 Å². The summed E-state index contributed by atoms with van der Waals surface area (Å²) < 4.78 is 0. The molecule has 0 unspecified atom stereocenters. The highest BCUT2D eigenvalue weighted by molar-refractivity contribution is 4.54. The Hall–Kier alpha value is -0.0400. The maximum absolute atomic E-state index is 3.64. The second-order valence-corrected chi connectivity index (χ2v) is 12.2. The third-order valence-electron chi connectivity index (χ3n) is 7.23. The summed E-state index contributed by atoms with van der Waals surface area (Å²) in [6, 6.07) is 0. The lowest BCUT2D eigenvalue weighted by atomic mass is 10.0. The van der Waals surface area contributed by atoms with Crippen LogP contribution in [0.25, 0.3) is 0 Å². The number of hydrogen-bond donors (Lipinski definition) is 1. The van der Waals surface area contributed by atoms with Gasteiger partial charge in [0.25, 0.3) is 0 Å². The van der Waals surface area contributed by atoms with Crippen LogP contribution in [0, 0.1) is 11.8 Å². The summed E-state index contributed by atoms with van der Waals surface area (Å²) in [5, 5.41) is 3.64. The van der Waals surface area contributed by atoms with Crippen molar-refractivity contribution in [1.29, 1.82) is 0 Å². The van der Waals surface area contributed by atoms with Crippen molar-refractivity contribution < 1.29 is 0 Å². The first-order valence-corrected chi connectivity index (χ1v) is 16.7. The monoisotopic (exact) mass is 496 g/mol. The van der Waals surface area contributed by atoms with Gasteiger partial charge < -0.3 is 5.32 Å². The molecule has 1 N–H and O–H groups in total. The van der Waals surface area contributed by atoms with Crippen molar-refractivity contribution in [2.24, 2.45) is 11.8 Å². The molecule has 0 spiro atoms. The van der Waals surface area contributed by atoms with E-state index in [0.29, 0.717) is 0 Å². The Kier molecular flexibility index (Phi) is 36.0. The van der Waals surface area contributed by atoms with Gasteiger partial charge in [-0.2, -0.15) is 0 Å². The van der Waals surface area contributed by atoms with Gasteiger partial charge in [0.1, 0.15) is 0 Å². The Labute approximate surface area is 225 Å². The van der Waals surface area contributed by atoms with Crippen LogP contribution in [-0.2, 0) is 0 Å². The van der Waals surface area contributed by atoms with E-state index >= 15 is 0 Å². The van der Waals surface area contributed by atoms with Crippen molar-refractivity contribution in [3.8, 4) is 0 Å². The number of unbranched alkanes of at least 4 members (excludes halogenated alkanes) is 19. The van der Waals surface area contributed by atoms with Crippen LogP contribution in [0.15, 0.2) is 0 Å². The van der Waals surface area contributed by atoms with E-state index < -0.39 is 0 Å². The molecule has 214 valence electrons. The molecule has 0 aliphatic rings. The normalized spacial score (nSPS) is 11.3. The number of nitrogens with one attached hydrogen (secondary N) is 1. The number of hydrogen-bond acceptors (Lipinski definition) is 1. The summed E-state index contributed by atoms with van der Waals surface area (Å²) in [7, 11) is 0. The van der Waals surface area contributed by atoms with Crippen LogP contribution in [0.1, 0.15) is 196 Å². The highest BCUT2D eigenvalue weighted by Gasteiger charge is 1.97. The predicted molar refractivity (Wildman–Crippen MR) is 165 cm³/mol. The molecule has 0 rings (SSSR count). The second-order valence-electron chi connectivity index (χ2n) is 12.2. The predicted octanol–water partition coefficient (Wildman–Crippen LogP) is 12.3. The highest BCUT2D eigenvalue weighted by atomic mass is 14.8. The standard InChI is InChI=1S/C26H55N.C8H18/c1-25(2)21-17-13-9-5-7-11-15-19-23-27-24-20-16-12-8-6-10-14-18-22-26(3)4;1-3-5-7-8-6-4-2/h25-27H,5-24H2,1-4H3;3-8H2,1-2H3. The minimum atomic E-state index is 0.891. The van der Waals surface area contributed by atoms with Crippen molar-refractivity contribution in [3.63, 3.8) is 0 Å². The number of rotatable bonds is 27. The van der Waals surface area contributed by atoms with Gasteiger partial charge in [0.05, 0.1) is 0 Å². The van der Waals surface area contributed by atoms with E-state index in [1.165, 1.54) is 167 Å². The maximum atomic E-state index is 3.64. The lowest BCUT2D eigenvalue weighted by Gasteiger charge is -2.06. The molecule has 0 saturated carbocycles. The Balaban J connectivity index is 0. The van der Waals surface area contributed by atoms with Gasteiger partial charge in [-0.1, -0.05) is 183 Å². The summed E-state index contributed by atoms with van der Waals surface area (Å²) in [4.78, 5) is 0. The fraction of sp³-hybridized carbons (Fsp3) is 1.00. The smallest absolute Gasteiger partial charge is 0.00489 e. The molecule has 35 heavy (non-hydrogen) atoms. The molecular formula is C34H73N. The van der Waals surface area contributed by atoms with Crippen LogP contribution in [0.3, 0.4) is 0 Å². The van der Waals surface area contributed by atoms with Gasteiger partial charge >= 0.3 is 0 Å². The molecule has 0 amide bonds. The van der Waals surface area contributed by atoms with Gasteiger partial charge in [-0.25, -0.2) is 0 Å². The van der Waals surface area contributed by atoms with E-state index in [2.05, 4.69) is 46.9 Å². The highest BCUT2D eigenvalue weighted by Crippen LogP contribution is 2.13. The molecule has 0 atom stereocenters. The lowest BCUT2D eigenvalue weighted by molar-refractivity contribution is 0.499. The summed E-state index contributed by atoms with van der Waals surface area (Å²) in [6.45, 7) is 16.3. The van der Waals surface area contributed by atoms with Gasteiger partial charge in [0.15, 0.2) is 0 Å². The average molecular weight is 496 g/mol. The second kappa shape index (κ2) is 34.0. The molecule has 0 aliphatic carbocycles. The minimum absolute atomic E-state index is 0.891. The van der Waals surface area contributed by atoms with E-state index in [4.69, 9.17) is 0 Å². The molecule has 0 saturated heterocycles. The molecule has 0 aliphatic heterocycles. The SMILES string of the molecule is CC(C)CCCCCCCCCCNCCCCCCCCCCC(C)C.CCCCCCCC. The molecule has 1 nitrogen and oxygen atoms in total. The molecule has 0 heterocycles. The zero-order chi connectivity index (χ0) is 26.2. The summed E-state index contributed by atoms with van der Waals surface area (Å²) in [5.74, 6) is 1.78. The summed E-state index contributed by atoms with van der Waals surface area (Å²) >= 11 is 0. The summed E-state index contributed by atoms with van der Waals surface area (Å²) in [5.41, 5.74) is 0. The molecule has 0 fully saturated rings. The van der Waals surface area contributed by atoms with Crippen LogP contribution in [-0.4, -0.2) is 13.1 Å². The molecule has 0 bridgehead atoms. The van der Waals surface area contributed by atoms with Crippen molar-refractivity contribution in [2.75, 3.05) is 13.1 Å². The van der Waals surface area contributed by atoms with Crippen LogP contribution < -0.4 is 5.32 Å². The molecule has 1 heteroatoms. The van der Waals surface area contributed by atoms with Crippen LogP contribution in [0.4, 0.5) is 0 Å². The fourth-order valence-corrected chi connectivity index (χ4v) is 4.71. The minimum Gasteiger partial charge on any atom is -0.317 e. The van der Waals surface area contributed by atoms with Gasteiger partial charge in [0.2, 0.25) is 0 Å². The fourth-order valence-electron chi connectivity index (χ4n) is 4.71. The van der Waals surface area contributed by atoms with Crippen LogP contribution >= 0.6 is 0 Å². The maximum Gasteiger partial charge on any atom is -0.00489 e. The van der Waals surface area contributed by atoms with E-state index in [9.17, 15) is 0 Å². The zero-order valence-corrected chi connectivity index (χ0v) is 26.0. The van der Waals surface area contributed by atoms with E-state index in [0.717, 1.165) is 11.8 Å². The third kappa shape index (κ3) is 41.4. The van der Waals surface area contributed by atoms with Crippen molar-refractivity contribution in [3.05, 3.63) is 0 Å². The first kappa shape index (κ1) is 37.1. The molecule has 0 aromatic rings. The third-order valence-corrected chi connectivity index (χ3v) is 7.23. The van der Waals surface area contributed by atoms with Crippen molar-refractivity contribution >= 4 is 0 Å². The van der Waals surface area contributed by atoms with Crippen molar-refractivity contribution in [1.82, 2.24) is 5.32 Å². The molecule has 0 aromatic heterocycles.